The number of nitrogens with zero attached hydrogens (tertiary/aromatic N) is 1. The van der Waals surface area contributed by atoms with Crippen LogP contribution in [0.2, 0.25) is 0 Å². The highest BCUT2D eigenvalue weighted by atomic mass is 32.2. The quantitative estimate of drug-likeness (QED) is 0.689. The van der Waals surface area contributed by atoms with Gasteiger partial charge in [0.1, 0.15) is 0 Å². The summed E-state index contributed by atoms with van der Waals surface area (Å²) in [7, 11) is 0. The molecule has 3 nitrogen and oxygen atoms in total. The first-order valence-electron chi connectivity index (χ1n) is 7.20. The zero-order valence-electron chi connectivity index (χ0n) is 12.2. The number of nitrogens with one attached hydrogen (secondary N) is 1. The number of hydrogen-bond acceptors (Lipinski definition) is 4. The summed E-state index contributed by atoms with van der Waals surface area (Å²) >= 11 is 1.92. The minimum Gasteiger partial charge on any atom is -0.379 e. The Bertz CT molecular complexity index is 252. The fourth-order valence-corrected chi connectivity index (χ4v) is 3.44. The molecule has 1 rings (SSSR count). The second-order valence-electron chi connectivity index (χ2n) is 5.27. The van der Waals surface area contributed by atoms with E-state index in [-0.39, 0.29) is 0 Å². The highest BCUT2D eigenvalue weighted by Crippen LogP contribution is 2.30. The van der Waals surface area contributed by atoms with Crippen molar-refractivity contribution in [1.82, 2.24) is 5.32 Å². The zero-order chi connectivity index (χ0) is 13.4. The van der Waals surface area contributed by atoms with Crippen molar-refractivity contribution in [3.05, 3.63) is 0 Å². The smallest absolute Gasteiger partial charge is 0.157 e. The molecule has 1 atom stereocenters. The molecule has 0 saturated heterocycles. The zero-order valence-corrected chi connectivity index (χ0v) is 13.1. The summed E-state index contributed by atoms with van der Waals surface area (Å²) in [4.78, 5) is 4.58. The second kappa shape index (κ2) is 8.81. The van der Waals surface area contributed by atoms with Gasteiger partial charge < -0.3 is 10.1 Å². The van der Waals surface area contributed by atoms with E-state index in [0.717, 1.165) is 37.4 Å². The van der Waals surface area contributed by atoms with Crippen LogP contribution in [0, 0.1) is 11.8 Å². The molecule has 0 spiro atoms. The first-order chi connectivity index (χ1) is 8.67. The van der Waals surface area contributed by atoms with Crippen LogP contribution in [-0.4, -0.2) is 36.7 Å². The SMILES string of the molecule is CCC(CC)C1CN=C(NCCOCC(C)C)S1. The van der Waals surface area contributed by atoms with Crippen molar-refractivity contribution >= 4 is 16.9 Å². The van der Waals surface area contributed by atoms with Gasteiger partial charge in [-0.3, -0.25) is 4.99 Å². The highest BCUT2D eigenvalue weighted by molar-refractivity contribution is 8.14. The fraction of sp³-hybridized carbons (Fsp3) is 0.929. The second-order valence-corrected chi connectivity index (χ2v) is 6.50. The normalized spacial score (nSPS) is 19.7. The molecule has 1 heterocycles. The predicted octanol–water partition coefficient (Wildman–Crippen LogP) is 3.16. The highest BCUT2D eigenvalue weighted by Gasteiger charge is 2.25. The molecule has 0 fully saturated rings. The van der Waals surface area contributed by atoms with Crippen LogP contribution in [0.25, 0.3) is 0 Å². The molecule has 0 aromatic heterocycles. The molecule has 0 amide bonds. The number of ether oxygens (including phenoxy) is 1. The van der Waals surface area contributed by atoms with Crippen molar-refractivity contribution in [3.63, 3.8) is 0 Å². The summed E-state index contributed by atoms with van der Waals surface area (Å²) in [6.45, 7) is 12.4. The van der Waals surface area contributed by atoms with E-state index in [1.165, 1.54) is 12.8 Å². The average molecular weight is 272 g/mol. The van der Waals surface area contributed by atoms with Crippen molar-refractivity contribution in [2.24, 2.45) is 16.8 Å². The van der Waals surface area contributed by atoms with Crippen molar-refractivity contribution in [2.45, 2.75) is 45.8 Å². The topological polar surface area (TPSA) is 33.6 Å². The van der Waals surface area contributed by atoms with Crippen LogP contribution in [0.4, 0.5) is 0 Å². The fourth-order valence-electron chi connectivity index (χ4n) is 2.10. The molecule has 0 saturated carbocycles. The van der Waals surface area contributed by atoms with E-state index in [2.05, 4.69) is 38.0 Å². The number of hydrogen-bond donors (Lipinski definition) is 1. The molecule has 4 heteroatoms. The van der Waals surface area contributed by atoms with Gasteiger partial charge in [-0.25, -0.2) is 0 Å². The van der Waals surface area contributed by atoms with Gasteiger partial charge in [0.2, 0.25) is 0 Å². The van der Waals surface area contributed by atoms with Gasteiger partial charge >= 0.3 is 0 Å². The summed E-state index contributed by atoms with van der Waals surface area (Å²) in [5.41, 5.74) is 0. The summed E-state index contributed by atoms with van der Waals surface area (Å²) in [5, 5.41) is 5.17. The Morgan fingerprint density at radius 1 is 1.39 bits per heavy atom. The standard InChI is InChI=1S/C14H28N2OS/c1-5-12(6-2)13-9-16-14(18-13)15-7-8-17-10-11(3)4/h11-13H,5-10H2,1-4H3,(H,15,16). The Morgan fingerprint density at radius 3 is 2.72 bits per heavy atom. The summed E-state index contributed by atoms with van der Waals surface area (Å²) in [5.74, 6) is 1.41. The van der Waals surface area contributed by atoms with E-state index in [1.54, 1.807) is 0 Å². The Hall–Kier alpha value is -0.220. The van der Waals surface area contributed by atoms with Crippen LogP contribution >= 0.6 is 11.8 Å². The Kier molecular flexibility index (Phi) is 7.75. The van der Waals surface area contributed by atoms with E-state index in [0.29, 0.717) is 11.2 Å². The molecular formula is C14H28N2OS. The molecule has 0 radical (unpaired) electrons. The number of aliphatic imine (C=N–C) groups is 1. The number of rotatable bonds is 8. The van der Waals surface area contributed by atoms with E-state index < -0.39 is 0 Å². The monoisotopic (exact) mass is 272 g/mol. The molecule has 1 N–H and O–H groups in total. The lowest BCUT2D eigenvalue weighted by atomic mass is 9.99. The van der Waals surface area contributed by atoms with Crippen molar-refractivity contribution in [2.75, 3.05) is 26.3 Å². The third kappa shape index (κ3) is 5.61. The van der Waals surface area contributed by atoms with Crippen LogP contribution < -0.4 is 5.32 Å². The van der Waals surface area contributed by atoms with Crippen molar-refractivity contribution in [1.29, 1.82) is 0 Å². The minimum absolute atomic E-state index is 0.613. The Labute approximate surface area is 116 Å². The van der Waals surface area contributed by atoms with Gasteiger partial charge in [-0.15, -0.1) is 0 Å². The van der Waals surface area contributed by atoms with Crippen LogP contribution in [0.15, 0.2) is 4.99 Å². The van der Waals surface area contributed by atoms with Gasteiger partial charge in [0.25, 0.3) is 0 Å². The van der Waals surface area contributed by atoms with Gasteiger partial charge in [-0.05, 0) is 11.8 Å². The molecule has 0 bridgehead atoms. The summed E-state index contributed by atoms with van der Waals surface area (Å²) in [6, 6.07) is 0. The van der Waals surface area contributed by atoms with Crippen molar-refractivity contribution in [3.8, 4) is 0 Å². The number of amidine groups is 1. The van der Waals surface area contributed by atoms with E-state index in [9.17, 15) is 0 Å². The maximum atomic E-state index is 5.54. The van der Waals surface area contributed by atoms with Gasteiger partial charge in [0, 0.05) is 18.4 Å². The first-order valence-corrected chi connectivity index (χ1v) is 8.08. The maximum Gasteiger partial charge on any atom is 0.157 e. The van der Waals surface area contributed by atoms with E-state index in [1.807, 2.05) is 11.8 Å². The van der Waals surface area contributed by atoms with Gasteiger partial charge in [0.05, 0.1) is 13.2 Å². The molecule has 18 heavy (non-hydrogen) atoms. The largest absolute Gasteiger partial charge is 0.379 e. The van der Waals surface area contributed by atoms with Crippen LogP contribution in [0.3, 0.4) is 0 Å². The lowest BCUT2D eigenvalue weighted by Crippen LogP contribution is -2.25. The third-order valence-corrected chi connectivity index (χ3v) is 4.56. The average Bonchev–Trinajstić information content (AvgIpc) is 2.79. The third-order valence-electron chi connectivity index (χ3n) is 3.23. The molecule has 106 valence electrons. The predicted molar refractivity (Wildman–Crippen MR) is 81.4 cm³/mol. The molecule has 0 aromatic carbocycles. The Balaban J connectivity index is 2.11. The van der Waals surface area contributed by atoms with Gasteiger partial charge in [-0.1, -0.05) is 52.3 Å². The molecule has 0 aliphatic carbocycles. The first kappa shape index (κ1) is 15.8. The van der Waals surface area contributed by atoms with E-state index >= 15 is 0 Å². The molecule has 1 aliphatic rings. The lowest BCUT2D eigenvalue weighted by molar-refractivity contribution is 0.114. The maximum absolute atomic E-state index is 5.54. The van der Waals surface area contributed by atoms with Crippen molar-refractivity contribution < 1.29 is 4.74 Å². The molecular weight excluding hydrogens is 244 g/mol. The minimum atomic E-state index is 0.613. The molecule has 0 aromatic rings. The van der Waals surface area contributed by atoms with Gasteiger partial charge in [-0.2, -0.15) is 0 Å². The van der Waals surface area contributed by atoms with E-state index in [4.69, 9.17) is 4.74 Å². The summed E-state index contributed by atoms with van der Waals surface area (Å²) in [6.07, 6.45) is 2.52. The van der Waals surface area contributed by atoms with Crippen LogP contribution in [-0.2, 0) is 4.74 Å². The lowest BCUT2D eigenvalue weighted by Gasteiger charge is -2.18. The number of thioether (sulfide) groups is 1. The van der Waals surface area contributed by atoms with Gasteiger partial charge in [0.15, 0.2) is 5.17 Å². The molecule has 1 aliphatic heterocycles. The Morgan fingerprint density at radius 2 is 2.11 bits per heavy atom. The summed E-state index contributed by atoms with van der Waals surface area (Å²) < 4.78 is 5.54. The van der Waals surface area contributed by atoms with Crippen LogP contribution in [0.5, 0.6) is 0 Å². The van der Waals surface area contributed by atoms with Crippen LogP contribution in [0.1, 0.15) is 40.5 Å². The molecule has 1 unspecified atom stereocenters.